The number of nitrogens with zero attached hydrogens (tertiary/aromatic N) is 1. The molecule has 1 heterocycles. The quantitative estimate of drug-likeness (QED) is 0.338. The highest BCUT2D eigenvalue weighted by atomic mass is 32.1. The van der Waals surface area contributed by atoms with Crippen LogP contribution in [0.4, 0.5) is 0 Å². The van der Waals surface area contributed by atoms with E-state index in [0.717, 1.165) is 0 Å². The highest BCUT2D eigenvalue weighted by molar-refractivity contribution is 7.13. The van der Waals surface area contributed by atoms with Crippen LogP contribution in [0.5, 0.6) is 0 Å². The lowest BCUT2D eigenvalue weighted by Gasteiger charge is -2.09. The molecule has 0 aliphatic heterocycles. The highest BCUT2D eigenvalue weighted by Gasteiger charge is 2.17. The van der Waals surface area contributed by atoms with Gasteiger partial charge in [0.1, 0.15) is 0 Å². The fourth-order valence-corrected chi connectivity index (χ4v) is 1.78. The summed E-state index contributed by atoms with van der Waals surface area (Å²) in [6.07, 6.45) is -0.500. The van der Waals surface area contributed by atoms with Crippen molar-refractivity contribution in [3.8, 4) is 0 Å². The maximum Gasteiger partial charge on any atom is 0.361 e. The van der Waals surface area contributed by atoms with Gasteiger partial charge in [-0.2, -0.15) is 0 Å². The molecule has 0 aliphatic rings. The summed E-state index contributed by atoms with van der Waals surface area (Å²) >= 11 is 1.39. The van der Waals surface area contributed by atoms with E-state index in [1.165, 1.54) is 18.4 Å². The van der Waals surface area contributed by atoms with Crippen molar-refractivity contribution in [2.75, 3.05) is 13.7 Å². The predicted octanol–water partition coefficient (Wildman–Crippen LogP) is 2.02. The van der Waals surface area contributed by atoms with Crippen molar-refractivity contribution in [2.45, 2.75) is 20.1 Å². The molecule has 0 spiro atoms. The largest absolute Gasteiger partial charge is 0.464 e. The number of methoxy groups -OCH3 is 1. The van der Waals surface area contributed by atoms with Crippen LogP contribution in [0.15, 0.2) is 22.7 Å². The van der Waals surface area contributed by atoms with Gasteiger partial charge in [-0.15, -0.1) is 11.3 Å². The van der Waals surface area contributed by atoms with Gasteiger partial charge in [-0.05, 0) is 18.4 Å². The van der Waals surface area contributed by atoms with Crippen molar-refractivity contribution < 1.29 is 19.1 Å². The van der Waals surface area contributed by atoms with E-state index in [4.69, 9.17) is 9.57 Å². The number of carbonyl (C=O) groups is 1. The molecule has 0 aliphatic carbocycles. The third kappa shape index (κ3) is 4.16. The molecule has 6 heteroatoms. The maximum absolute atomic E-state index is 11.5. The minimum Gasteiger partial charge on any atom is -0.464 e. The van der Waals surface area contributed by atoms with Gasteiger partial charge in [0.05, 0.1) is 12.0 Å². The molecule has 0 saturated carbocycles. The number of thiophene rings is 1. The molecule has 5 nitrogen and oxygen atoms in total. The van der Waals surface area contributed by atoms with Crippen LogP contribution >= 0.6 is 11.3 Å². The molecular formula is C11H15NO4S. The van der Waals surface area contributed by atoms with Crippen molar-refractivity contribution in [1.82, 2.24) is 0 Å². The topological polar surface area (TPSA) is 57.1 Å². The smallest absolute Gasteiger partial charge is 0.361 e. The molecule has 1 rings (SSSR count). The van der Waals surface area contributed by atoms with Crippen molar-refractivity contribution >= 4 is 23.0 Å². The second-order valence-electron chi connectivity index (χ2n) is 3.04. The minimum atomic E-state index is -0.531. The van der Waals surface area contributed by atoms with E-state index in [1.807, 2.05) is 18.4 Å². The number of hydrogen-bond donors (Lipinski definition) is 0. The molecule has 0 fully saturated rings. The summed E-state index contributed by atoms with van der Waals surface area (Å²) in [7, 11) is 1.30. The monoisotopic (exact) mass is 257 g/mol. The van der Waals surface area contributed by atoms with E-state index in [0.29, 0.717) is 11.5 Å². The summed E-state index contributed by atoms with van der Waals surface area (Å²) in [5, 5.41) is 5.63. The predicted molar refractivity (Wildman–Crippen MR) is 65.0 cm³/mol. The Labute approximate surface area is 104 Å². The molecule has 0 amide bonds. The van der Waals surface area contributed by atoms with E-state index in [-0.39, 0.29) is 5.71 Å². The van der Waals surface area contributed by atoms with Gasteiger partial charge < -0.3 is 14.3 Å². The van der Waals surface area contributed by atoms with Gasteiger partial charge >= 0.3 is 5.97 Å². The Morgan fingerprint density at radius 1 is 1.59 bits per heavy atom. The average molecular weight is 257 g/mol. The van der Waals surface area contributed by atoms with Crippen molar-refractivity contribution in [2.24, 2.45) is 5.16 Å². The van der Waals surface area contributed by atoms with Crippen molar-refractivity contribution in [3.63, 3.8) is 0 Å². The molecule has 1 unspecified atom stereocenters. The Bertz CT molecular complexity index is 375. The molecule has 0 N–H and O–H groups in total. The van der Waals surface area contributed by atoms with Crippen LogP contribution in [0.2, 0.25) is 0 Å². The van der Waals surface area contributed by atoms with E-state index in [2.05, 4.69) is 9.89 Å². The molecule has 0 bridgehead atoms. The van der Waals surface area contributed by atoms with Crippen LogP contribution in [0.3, 0.4) is 0 Å². The van der Waals surface area contributed by atoms with Crippen LogP contribution in [0.1, 0.15) is 18.7 Å². The lowest BCUT2D eigenvalue weighted by atomic mass is 10.3. The van der Waals surface area contributed by atoms with Crippen LogP contribution < -0.4 is 0 Å². The van der Waals surface area contributed by atoms with Gasteiger partial charge in [-0.25, -0.2) is 4.79 Å². The number of oxime groups is 1. The summed E-state index contributed by atoms with van der Waals surface area (Å²) < 4.78 is 9.79. The average Bonchev–Trinajstić information content (AvgIpc) is 2.83. The first-order valence-corrected chi connectivity index (χ1v) is 6.04. The van der Waals surface area contributed by atoms with Gasteiger partial charge in [-0.3, -0.25) is 0 Å². The van der Waals surface area contributed by atoms with Gasteiger partial charge in [0, 0.05) is 13.5 Å². The number of ether oxygens (including phenoxy) is 2. The molecule has 17 heavy (non-hydrogen) atoms. The second kappa shape index (κ2) is 7.03. The van der Waals surface area contributed by atoms with E-state index in [1.54, 1.807) is 13.0 Å². The van der Waals surface area contributed by atoms with E-state index >= 15 is 0 Å². The molecular weight excluding hydrogens is 242 g/mol. The summed E-state index contributed by atoms with van der Waals surface area (Å²) in [6, 6.07) is 3.60. The van der Waals surface area contributed by atoms with Gasteiger partial charge in [0.25, 0.3) is 0 Å². The Hall–Kier alpha value is -1.40. The standard InChI is InChI=1S/C11H15NO4S/c1-4-15-8(2)16-12-10(11(13)14-3)9-6-5-7-17-9/h5-8H,4H2,1-3H3. The first-order valence-electron chi connectivity index (χ1n) is 5.16. The third-order valence-corrected chi connectivity index (χ3v) is 2.70. The number of carbonyl (C=O) groups excluding carboxylic acids is 1. The number of esters is 1. The van der Waals surface area contributed by atoms with Crippen molar-refractivity contribution in [3.05, 3.63) is 22.4 Å². The Kier molecular flexibility index (Phi) is 5.65. The molecule has 94 valence electrons. The summed E-state index contributed by atoms with van der Waals surface area (Å²) in [5.41, 5.74) is 0.147. The van der Waals surface area contributed by atoms with Crippen LogP contribution in [0, 0.1) is 0 Å². The van der Waals surface area contributed by atoms with Crippen LogP contribution in [-0.4, -0.2) is 31.7 Å². The number of rotatable bonds is 6. The zero-order valence-electron chi connectivity index (χ0n) is 10.0. The van der Waals surface area contributed by atoms with Crippen LogP contribution in [-0.2, 0) is 19.1 Å². The molecule has 0 aromatic carbocycles. The lowest BCUT2D eigenvalue weighted by Crippen LogP contribution is -2.18. The number of hydrogen-bond acceptors (Lipinski definition) is 6. The lowest BCUT2D eigenvalue weighted by molar-refractivity contribution is -0.135. The third-order valence-electron chi connectivity index (χ3n) is 1.83. The normalized spacial score (nSPS) is 13.2. The summed E-state index contributed by atoms with van der Waals surface area (Å²) in [6.45, 7) is 4.07. The first-order chi connectivity index (χ1) is 8.19. The second-order valence-corrected chi connectivity index (χ2v) is 3.98. The van der Waals surface area contributed by atoms with Crippen LogP contribution in [0.25, 0.3) is 0 Å². The summed E-state index contributed by atoms with van der Waals surface area (Å²) in [4.78, 5) is 17.3. The molecule has 1 aromatic rings. The van der Waals surface area contributed by atoms with E-state index < -0.39 is 12.3 Å². The maximum atomic E-state index is 11.5. The van der Waals surface area contributed by atoms with Crippen molar-refractivity contribution in [1.29, 1.82) is 0 Å². The summed E-state index contributed by atoms with van der Waals surface area (Å²) in [5.74, 6) is -0.531. The molecule has 1 atom stereocenters. The van der Waals surface area contributed by atoms with Gasteiger partial charge in [0.15, 0.2) is 0 Å². The van der Waals surface area contributed by atoms with Gasteiger partial charge in [0.2, 0.25) is 12.0 Å². The fraction of sp³-hybridized carbons (Fsp3) is 0.455. The SMILES string of the molecule is CCOC(C)ON=C(C(=O)OC)c1cccs1. The molecule has 0 radical (unpaired) electrons. The first kappa shape index (κ1) is 13.7. The molecule has 0 saturated heterocycles. The zero-order chi connectivity index (χ0) is 12.7. The Balaban J connectivity index is 2.77. The van der Waals surface area contributed by atoms with E-state index in [9.17, 15) is 4.79 Å². The minimum absolute atomic E-state index is 0.147. The Morgan fingerprint density at radius 3 is 2.88 bits per heavy atom. The highest BCUT2D eigenvalue weighted by Crippen LogP contribution is 2.12. The Morgan fingerprint density at radius 2 is 2.35 bits per heavy atom. The fourth-order valence-electron chi connectivity index (χ4n) is 1.08. The van der Waals surface area contributed by atoms with Gasteiger partial charge in [-0.1, -0.05) is 11.2 Å². The molecule has 1 aromatic heterocycles. The zero-order valence-corrected chi connectivity index (χ0v) is 10.8.